The van der Waals surface area contributed by atoms with Crippen LogP contribution in [0.1, 0.15) is 12.0 Å². The average molecular weight is 192 g/mol. The first-order valence-corrected chi connectivity index (χ1v) is 4.51. The summed E-state index contributed by atoms with van der Waals surface area (Å²) in [6.07, 6.45) is 4.86. The van der Waals surface area contributed by atoms with Gasteiger partial charge in [-0.25, -0.2) is 0 Å². The summed E-state index contributed by atoms with van der Waals surface area (Å²) in [5.74, 6) is 1.34. The van der Waals surface area contributed by atoms with Gasteiger partial charge < -0.3 is 14.6 Å². The van der Waals surface area contributed by atoms with Crippen molar-refractivity contribution < 1.29 is 14.6 Å². The topological polar surface area (TPSA) is 38.7 Å². The van der Waals surface area contributed by atoms with E-state index in [2.05, 4.69) is 0 Å². The smallest absolute Gasteiger partial charge is 0.164 e. The molecule has 0 fully saturated rings. The van der Waals surface area contributed by atoms with Crippen molar-refractivity contribution in [3.8, 4) is 17.2 Å². The van der Waals surface area contributed by atoms with E-state index in [0.29, 0.717) is 12.4 Å². The van der Waals surface area contributed by atoms with Crippen molar-refractivity contribution in [2.75, 3.05) is 13.7 Å². The lowest BCUT2D eigenvalue weighted by Gasteiger charge is -2.09. The number of methoxy groups -OCH3 is 1. The van der Waals surface area contributed by atoms with E-state index in [1.807, 2.05) is 12.2 Å². The van der Waals surface area contributed by atoms with Crippen LogP contribution in [0.5, 0.6) is 17.2 Å². The molecular weight excluding hydrogens is 180 g/mol. The van der Waals surface area contributed by atoms with E-state index in [9.17, 15) is 5.11 Å². The molecule has 1 aromatic rings. The molecule has 0 bridgehead atoms. The van der Waals surface area contributed by atoms with Gasteiger partial charge in [-0.15, -0.1) is 0 Å². The van der Waals surface area contributed by atoms with E-state index in [1.165, 1.54) is 7.11 Å². The molecule has 1 aliphatic rings. The number of rotatable bonds is 1. The Morgan fingerprint density at radius 3 is 3.07 bits per heavy atom. The van der Waals surface area contributed by atoms with Crippen LogP contribution < -0.4 is 9.47 Å². The summed E-state index contributed by atoms with van der Waals surface area (Å²) in [6.45, 7) is 0.664. The number of hydrogen-bond donors (Lipinski definition) is 1. The highest BCUT2D eigenvalue weighted by molar-refractivity contribution is 5.63. The molecule has 1 aliphatic heterocycles. The number of aromatic hydroxyl groups is 1. The van der Waals surface area contributed by atoms with Crippen molar-refractivity contribution in [2.45, 2.75) is 6.42 Å². The van der Waals surface area contributed by atoms with E-state index < -0.39 is 0 Å². The maximum atomic E-state index is 9.54. The van der Waals surface area contributed by atoms with E-state index in [1.54, 1.807) is 12.1 Å². The first-order chi connectivity index (χ1) is 6.81. The van der Waals surface area contributed by atoms with E-state index >= 15 is 0 Å². The predicted molar refractivity (Wildman–Crippen MR) is 53.8 cm³/mol. The van der Waals surface area contributed by atoms with Crippen LogP contribution in [-0.2, 0) is 0 Å². The number of hydrogen-bond acceptors (Lipinski definition) is 3. The average Bonchev–Trinajstić information content (AvgIpc) is 2.41. The summed E-state index contributed by atoms with van der Waals surface area (Å²) in [6, 6.07) is 3.36. The summed E-state index contributed by atoms with van der Waals surface area (Å²) < 4.78 is 10.5. The van der Waals surface area contributed by atoms with Crippen molar-refractivity contribution in [1.82, 2.24) is 0 Å². The molecule has 0 amide bonds. The molecule has 14 heavy (non-hydrogen) atoms. The fraction of sp³-hybridized carbons (Fsp3) is 0.273. The standard InChI is InChI=1S/C11H12O3/c1-13-11-7-10-8(6-9(11)12)4-2-3-5-14-10/h2,4,6-7,12H,3,5H2,1H3. The molecule has 1 N–H and O–H groups in total. The Kier molecular flexibility index (Phi) is 2.31. The highest BCUT2D eigenvalue weighted by Gasteiger charge is 2.10. The molecule has 0 aromatic heterocycles. The monoisotopic (exact) mass is 192 g/mol. The lowest BCUT2D eigenvalue weighted by Crippen LogP contribution is -1.95. The van der Waals surface area contributed by atoms with Gasteiger partial charge in [-0.2, -0.15) is 0 Å². The van der Waals surface area contributed by atoms with Crippen LogP contribution in [-0.4, -0.2) is 18.8 Å². The number of fused-ring (bicyclic) bond motifs is 1. The zero-order valence-corrected chi connectivity index (χ0v) is 7.99. The third-order valence-electron chi connectivity index (χ3n) is 2.15. The summed E-state index contributed by atoms with van der Waals surface area (Å²) in [5.41, 5.74) is 0.890. The summed E-state index contributed by atoms with van der Waals surface area (Å²) in [5, 5.41) is 9.54. The fourth-order valence-electron chi connectivity index (χ4n) is 1.43. The van der Waals surface area contributed by atoms with Gasteiger partial charge in [0.15, 0.2) is 11.5 Å². The molecule has 0 atom stereocenters. The Bertz CT molecular complexity index is 369. The lowest BCUT2D eigenvalue weighted by molar-refractivity contribution is 0.320. The van der Waals surface area contributed by atoms with Crippen LogP contribution >= 0.6 is 0 Å². The van der Waals surface area contributed by atoms with E-state index in [0.717, 1.165) is 17.7 Å². The summed E-state index contributed by atoms with van der Waals surface area (Å²) in [7, 11) is 1.52. The molecule has 0 unspecified atom stereocenters. The maximum absolute atomic E-state index is 9.54. The van der Waals surface area contributed by atoms with Crippen LogP contribution in [0.2, 0.25) is 0 Å². The second-order valence-corrected chi connectivity index (χ2v) is 3.10. The van der Waals surface area contributed by atoms with E-state index in [-0.39, 0.29) is 5.75 Å². The Labute approximate surface area is 82.6 Å². The molecule has 0 saturated carbocycles. The maximum Gasteiger partial charge on any atom is 0.164 e. The minimum atomic E-state index is 0.140. The van der Waals surface area contributed by atoms with Crippen molar-refractivity contribution in [3.63, 3.8) is 0 Å². The first kappa shape index (κ1) is 8.94. The Morgan fingerprint density at radius 2 is 2.29 bits per heavy atom. The SMILES string of the molecule is COc1cc2c(cc1O)C=CCCO2. The Morgan fingerprint density at radius 1 is 1.43 bits per heavy atom. The van der Waals surface area contributed by atoms with Gasteiger partial charge >= 0.3 is 0 Å². The quantitative estimate of drug-likeness (QED) is 0.741. The van der Waals surface area contributed by atoms with Crippen molar-refractivity contribution >= 4 is 6.08 Å². The lowest BCUT2D eigenvalue weighted by atomic mass is 10.1. The second kappa shape index (κ2) is 3.62. The van der Waals surface area contributed by atoms with Gasteiger partial charge in [-0.3, -0.25) is 0 Å². The van der Waals surface area contributed by atoms with Gasteiger partial charge in [0.2, 0.25) is 0 Å². The van der Waals surface area contributed by atoms with Crippen LogP contribution in [0.25, 0.3) is 6.08 Å². The van der Waals surface area contributed by atoms with Gasteiger partial charge in [-0.1, -0.05) is 12.2 Å². The van der Waals surface area contributed by atoms with Crippen molar-refractivity contribution in [1.29, 1.82) is 0 Å². The molecule has 3 heteroatoms. The van der Waals surface area contributed by atoms with Crippen LogP contribution in [0, 0.1) is 0 Å². The molecule has 0 aliphatic carbocycles. The zero-order chi connectivity index (χ0) is 9.97. The fourth-order valence-corrected chi connectivity index (χ4v) is 1.43. The minimum Gasteiger partial charge on any atom is -0.504 e. The highest BCUT2D eigenvalue weighted by Crippen LogP contribution is 2.35. The molecule has 1 aromatic carbocycles. The van der Waals surface area contributed by atoms with Crippen LogP contribution in [0.3, 0.4) is 0 Å². The van der Waals surface area contributed by atoms with Crippen molar-refractivity contribution in [3.05, 3.63) is 23.8 Å². The summed E-state index contributed by atoms with van der Waals surface area (Å²) in [4.78, 5) is 0. The van der Waals surface area contributed by atoms with Crippen LogP contribution in [0.15, 0.2) is 18.2 Å². The number of phenolic OH excluding ortho intramolecular Hbond substituents is 1. The Balaban J connectivity index is 2.49. The predicted octanol–water partition coefficient (Wildman–Crippen LogP) is 2.20. The largest absolute Gasteiger partial charge is 0.504 e. The molecule has 1 heterocycles. The van der Waals surface area contributed by atoms with Gasteiger partial charge in [0, 0.05) is 11.6 Å². The minimum absolute atomic E-state index is 0.140. The number of benzene rings is 1. The van der Waals surface area contributed by atoms with Gasteiger partial charge in [-0.05, 0) is 12.5 Å². The molecule has 0 spiro atoms. The Hall–Kier alpha value is -1.64. The normalized spacial score (nSPS) is 14.1. The number of ether oxygens (including phenoxy) is 2. The summed E-state index contributed by atoms with van der Waals surface area (Å²) >= 11 is 0. The van der Waals surface area contributed by atoms with Gasteiger partial charge in [0.1, 0.15) is 5.75 Å². The molecule has 3 nitrogen and oxygen atoms in total. The third kappa shape index (κ3) is 1.53. The first-order valence-electron chi connectivity index (χ1n) is 4.51. The van der Waals surface area contributed by atoms with Crippen LogP contribution in [0.4, 0.5) is 0 Å². The highest BCUT2D eigenvalue weighted by atomic mass is 16.5. The number of phenols is 1. The molecule has 0 saturated heterocycles. The third-order valence-corrected chi connectivity index (χ3v) is 2.15. The van der Waals surface area contributed by atoms with E-state index in [4.69, 9.17) is 9.47 Å². The molecule has 0 radical (unpaired) electrons. The molecular formula is C11H12O3. The van der Waals surface area contributed by atoms with Gasteiger partial charge in [0.25, 0.3) is 0 Å². The molecule has 2 rings (SSSR count). The second-order valence-electron chi connectivity index (χ2n) is 3.10. The van der Waals surface area contributed by atoms with Crippen molar-refractivity contribution in [2.24, 2.45) is 0 Å². The van der Waals surface area contributed by atoms with Gasteiger partial charge in [0.05, 0.1) is 13.7 Å². The molecule has 74 valence electrons. The zero-order valence-electron chi connectivity index (χ0n) is 7.99.